The van der Waals surface area contributed by atoms with Crippen LogP contribution in [0.2, 0.25) is 0 Å². The van der Waals surface area contributed by atoms with E-state index >= 15 is 0 Å². The van der Waals surface area contributed by atoms with Crippen molar-refractivity contribution in [3.63, 3.8) is 0 Å². The van der Waals surface area contributed by atoms with Crippen molar-refractivity contribution in [3.8, 4) is 0 Å². The van der Waals surface area contributed by atoms with Crippen molar-refractivity contribution < 1.29 is 9.53 Å². The van der Waals surface area contributed by atoms with Crippen LogP contribution >= 0.6 is 0 Å². The van der Waals surface area contributed by atoms with E-state index in [-0.39, 0.29) is 11.9 Å². The van der Waals surface area contributed by atoms with E-state index in [2.05, 4.69) is 14.5 Å². The van der Waals surface area contributed by atoms with Gasteiger partial charge in [0.2, 0.25) is 0 Å². The topological polar surface area (TPSA) is 60.2 Å². The third-order valence-corrected chi connectivity index (χ3v) is 4.90. The molecule has 1 aromatic carbocycles. The SMILES string of the molecule is CCOC[C@H]1CCn2cncc2CN1C(=O)c1ccc2ncccc2c1. The number of carbonyl (C=O) groups is 1. The molecule has 0 spiro atoms. The standard InChI is InChI=1S/C20H22N4O2/c1-2-26-13-17-7-9-23-14-21-11-18(23)12-24(17)20(25)16-5-6-19-15(10-16)4-3-8-22-19/h3-6,8,10-11,14,17H,2,7,9,12-13H2,1H3/t17-/m1/s1. The molecule has 134 valence electrons. The Hall–Kier alpha value is -2.73. The maximum Gasteiger partial charge on any atom is 0.254 e. The number of hydrogen-bond donors (Lipinski definition) is 0. The first-order valence-corrected chi connectivity index (χ1v) is 8.98. The van der Waals surface area contributed by atoms with Gasteiger partial charge in [0, 0.05) is 36.5 Å². The lowest BCUT2D eigenvalue weighted by atomic mass is 10.1. The summed E-state index contributed by atoms with van der Waals surface area (Å²) >= 11 is 0. The highest BCUT2D eigenvalue weighted by Gasteiger charge is 2.28. The van der Waals surface area contributed by atoms with Crippen LogP contribution in [-0.2, 0) is 17.8 Å². The Bertz CT molecular complexity index is 921. The van der Waals surface area contributed by atoms with E-state index in [0.29, 0.717) is 25.3 Å². The quantitative estimate of drug-likeness (QED) is 0.726. The molecule has 26 heavy (non-hydrogen) atoms. The molecule has 1 atom stereocenters. The zero-order chi connectivity index (χ0) is 17.9. The second-order valence-electron chi connectivity index (χ2n) is 6.52. The molecular formula is C20H22N4O2. The number of carbonyl (C=O) groups excluding carboxylic acids is 1. The van der Waals surface area contributed by atoms with Crippen molar-refractivity contribution in [1.29, 1.82) is 0 Å². The zero-order valence-electron chi connectivity index (χ0n) is 14.8. The molecule has 0 fully saturated rings. The zero-order valence-corrected chi connectivity index (χ0v) is 14.8. The van der Waals surface area contributed by atoms with Crippen molar-refractivity contribution in [3.05, 3.63) is 60.3 Å². The van der Waals surface area contributed by atoms with Crippen molar-refractivity contribution in [2.75, 3.05) is 13.2 Å². The summed E-state index contributed by atoms with van der Waals surface area (Å²) in [4.78, 5) is 23.8. The van der Waals surface area contributed by atoms with Gasteiger partial charge in [0.1, 0.15) is 0 Å². The van der Waals surface area contributed by atoms with E-state index in [4.69, 9.17) is 4.74 Å². The Kier molecular flexibility index (Phi) is 4.67. The van der Waals surface area contributed by atoms with E-state index < -0.39 is 0 Å². The molecule has 2 aromatic heterocycles. The van der Waals surface area contributed by atoms with Crippen LogP contribution in [0, 0.1) is 0 Å². The number of aromatic nitrogens is 3. The minimum Gasteiger partial charge on any atom is -0.380 e. The average molecular weight is 350 g/mol. The van der Waals surface area contributed by atoms with Crippen LogP contribution in [0.1, 0.15) is 29.4 Å². The molecule has 6 heteroatoms. The minimum absolute atomic E-state index is 0.0232. The molecule has 1 aliphatic heterocycles. The smallest absolute Gasteiger partial charge is 0.254 e. The predicted octanol–water partition coefficient (Wildman–Crippen LogP) is 2.88. The summed E-state index contributed by atoms with van der Waals surface area (Å²) in [7, 11) is 0. The van der Waals surface area contributed by atoms with Crippen molar-refractivity contribution in [2.45, 2.75) is 32.5 Å². The third-order valence-electron chi connectivity index (χ3n) is 4.90. The fourth-order valence-corrected chi connectivity index (χ4v) is 3.47. The monoisotopic (exact) mass is 350 g/mol. The fraction of sp³-hybridized carbons (Fsp3) is 0.350. The van der Waals surface area contributed by atoms with Gasteiger partial charge in [-0.3, -0.25) is 9.78 Å². The molecule has 0 saturated heterocycles. The third kappa shape index (κ3) is 3.20. The van der Waals surface area contributed by atoms with E-state index in [0.717, 1.165) is 29.6 Å². The molecule has 3 aromatic rings. The van der Waals surface area contributed by atoms with Crippen LogP contribution in [0.4, 0.5) is 0 Å². The van der Waals surface area contributed by atoms with Crippen molar-refractivity contribution >= 4 is 16.8 Å². The molecule has 0 aliphatic carbocycles. The molecule has 0 saturated carbocycles. The van der Waals surface area contributed by atoms with Crippen molar-refractivity contribution in [2.24, 2.45) is 0 Å². The normalized spacial score (nSPS) is 17.1. The van der Waals surface area contributed by atoms with E-state index in [1.54, 1.807) is 6.20 Å². The maximum absolute atomic E-state index is 13.3. The van der Waals surface area contributed by atoms with Gasteiger partial charge in [0.05, 0.1) is 36.7 Å². The van der Waals surface area contributed by atoms with Gasteiger partial charge in [0.25, 0.3) is 5.91 Å². The highest BCUT2D eigenvalue weighted by molar-refractivity contribution is 5.98. The molecular weight excluding hydrogens is 328 g/mol. The number of aryl methyl sites for hydroxylation is 1. The molecule has 1 amide bonds. The second-order valence-corrected chi connectivity index (χ2v) is 6.52. The number of pyridine rings is 1. The Balaban J connectivity index is 1.66. The van der Waals surface area contributed by atoms with Gasteiger partial charge in [0.15, 0.2) is 0 Å². The number of benzene rings is 1. The predicted molar refractivity (Wildman–Crippen MR) is 98.7 cm³/mol. The first-order valence-electron chi connectivity index (χ1n) is 8.98. The fourth-order valence-electron chi connectivity index (χ4n) is 3.47. The van der Waals surface area contributed by atoms with Gasteiger partial charge in [-0.05, 0) is 37.6 Å². The molecule has 0 unspecified atom stereocenters. The molecule has 0 bridgehead atoms. The molecule has 0 radical (unpaired) electrons. The van der Waals surface area contributed by atoms with Crippen LogP contribution in [0.5, 0.6) is 0 Å². The Labute approximate surface area is 152 Å². The number of ether oxygens (including phenoxy) is 1. The summed E-state index contributed by atoms with van der Waals surface area (Å²) in [5.41, 5.74) is 2.63. The van der Waals surface area contributed by atoms with Gasteiger partial charge in [-0.15, -0.1) is 0 Å². The van der Waals surface area contributed by atoms with E-state index in [1.807, 2.05) is 54.7 Å². The van der Waals surface area contributed by atoms with Gasteiger partial charge < -0.3 is 14.2 Å². The Morgan fingerprint density at radius 2 is 2.27 bits per heavy atom. The summed E-state index contributed by atoms with van der Waals surface area (Å²) in [5, 5.41) is 0.972. The first-order chi connectivity index (χ1) is 12.8. The molecule has 4 rings (SSSR count). The van der Waals surface area contributed by atoms with Crippen LogP contribution in [0.25, 0.3) is 10.9 Å². The van der Waals surface area contributed by atoms with Gasteiger partial charge >= 0.3 is 0 Å². The Morgan fingerprint density at radius 3 is 3.15 bits per heavy atom. The van der Waals surface area contributed by atoms with E-state index in [9.17, 15) is 4.79 Å². The lowest BCUT2D eigenvalue weighted by Gasteiger charge is -2.29. The first kappa shape index (κ1) is 16.7. The number of amides is 1. The molecule has 1 aliphatic rings. The van der Waals surface area contributed by atoms with Gasteiger partial charge in [-0.25, -0.2) is 4.98 Å². The number of imidazole rings is 1. The van der Waals surface area contributed by atoms with Crippen LogP contribution in [-0.4, -0.2) is 44.6 Å². The summed E-state index contributed by atoms with van der Waals surface area (Å²) in [6.07, 6.45) is 6.29. The highest BCUT2D eigenvalue weighted by atomic mass is 16.5. The summed E-state index contributed by atoms with van der Waals surface area (Å²) < 4.78 is 7.78. The van der Waals surface area contributed by atoms with Crippen LogP contribution in [0.3, 0.4) is 0 Å². The second kappa shape index (κ2) is 7.25. The minimum atomic E-state index is 0.0232. The molecule has 3 heterocycles. The lowest BCUT2D eigenvalue weighted by Crippen LogP contribution is -2.42. The van der Waals surface area contributed by atoms with E-state index in [1.165, 1.54) is 0 Å². The van der Waals surface area contributed by atoms with Crippen LogP contribution in [0.15, 0.2) is 49.1 Å². The highest BCUT2D eigenvalue weighted by Crippen LogP contribution is 2.22. The van der Waals surface area contributed by atoms with Crippen molar-refractivity contribution in [1.82, 2.24) is 19.4 Å². The lowest BCUT2D eigenvalue weighted by molar-refractivity contribution is 0.0423. The number of rotatable bonds is 4. The molecule has 6 nitrogen and oxygen atoms in total. The number of hydrogen-bond acceptors (Lipinski definition) is 4. The summed E-state index contributed by atoms with van der Waals surface area (Å²) in [6, 6.07) is 9.60. The Morgan fingerprint density at radius 1 is 1.35 bits per heavy atom. The van der Waals surface area contributed by atoms with Gasteiger partial charge in [-0.1, -0.05) is 6.07 Å². The summed E-state index contributed by atoms with van der Waals surface area (Å²) in [5.74, 6) is 0.0232. The van der Waals surface area contributed by atoms with Crippen LogP contribution < -0.4 is 0 Å². The average Bonchev–Trinajstić information content (AvgIpc) is 3.05. The largest absolute Gasteiger partial charge is 0.380 e. The summed E-state index contributed by atoms with van der Waals surface area (Å²) in [6.45, 7) is 4.57. The molecule has 0 N–H and O–H groups in total. The number of fused-ring (bicyclic) bond motifs is 2. The number of nitrogens with zero attached hydrogens (tertiary/aromatic N) is 4. The maximum atomic E-state index is 13.3. The van der Waals surface area contributed by atoms with Gasteiger partial charge in [-0.2, -0.15) is 0 Å².